The van der Waals surface area contributed by atoms with Crippen molar-refractivity contribution in [2.24, 2.45) is 0 Å². The molecule has 31 heavy (non-hydrogen) atoms. The van der Waals surface area contributed by atoms with E-state index in [1.54, 1.807) is 13.0 Å². The second-order valence-corrected chi connectivity index (χ2v) is 6.90. The van der Waals surface area contributed by atoms with Gasteiger partial charge < -0.3 is 33.3 Å². The van der Waals surface area contributed by atoms with Crippen molar-refractivity contribution in [2.45, 2.75) is 6.92 Å². The Morgan fingerprint density at radius 2 is 1.68 bits per heavy atom. The Kier molecular flexibility index (Phi) is 4.77. The minimum atomic E-state index is -0.832. The summed E-state index contributed by atoms with van der Waals surface area (Å²) in [6.45, 7) is 5.66. The number of ether oxygens (including phenoxy) is 3. The first kappa shape index (κ1) is 20.2. The Morgan fingerprint density at radius 1 is 0.968 bits per heavy atom. The second-order valence-electron chi connectivity index (χ2n) is 6.90. The van der Waals surface area contributed by atoms with Gasteiger partial charge in [-0.2, -0.15) is 0 Å². The summed E-state index contributed by atoms with van der Waals surface area (Å²) >= 11 is 0. The molecule has 0 saturated carbocycles. The van der Waals surface area contributed by atoms with Crippen LogP contribution >= 0.6 is 0 Å². The van der Waals surface area contributed by atoms with Crippen LogP contribution in [0.3, 0.4) is 0 Å². The zero-order chi connectivity index (χ0) is 22.4. The molecule has 8 heteroatoms. The zero-order valence-corrected chi connectivity index (χ0v) is 17.4. The average Bonchev–Trinajstić information content (AvgIpc) is 3.17. The lowest BCUT2D eigenvalue weighted by Gasteiger charge is -2.14. The monoisotopic (exact) mass is 424 g/mol. The van der Waals surface area contributed by atoms with E-state index in [4.69, 9.17) is 23.0 Å². The van der Waals surface area contributed by atoms with Crippen LogP contribution in [0.5, 0.6) is 28.7 Å². The van der Waals surface area contributed by atoms with Crippen LogP contribution in [0.25, 0.3) is 38.6 Å². The van der Waals surface area contributed by atoms with Gasteiger partial charge in [-0.3, -0.25) is 0 Å². The SMILES string of the molecule is C=C(C)c1cc2c(OC)c3c(O)c(-c4ccc(OC)c(O)c4)c(=O)oc3c(OC)c2o1. The van der Waals surface area contributed by atoms with Crippen LogP contribution in [0.2, 0.25) is 0 Å². The lowest BCUT2D eigenvalue weighted by atomic mass is 10.0. The normalized spacial score (nSPS) is 11.1. The largest absolute Gasteiger partial charge is 0.506 e. The van der Waals surface area contributed by atoms with Gasteiger partial charge in [0.15, 0.2) is 22.7 Å². The first-order chi connectivity index (χ1) is 14.8. The van der Waals surface area contributed by atoms with E-state index in [1.807, 2.05) is 0 Å². The molecular weight excluding hydrogens is 404 g/mol. The number of benzene rings is 2. The number of methoxy groups -OCH3 is 3. The zero-order valence-electron chi connectivity index (χ0n) is 17.4. The number of fused-ring (bicyclic) bond motifs is 2. The average molecular weight is 424 g/mol. The lowest BCUT2D eigenvalue weighted by Crippen LogP contribution is -2.05. The molecule has 0 aliphatic rings. The van der Waals surface area contributed by atoms with E-state index < -0.39 is 5.63 Å². The van der Waals surface area contributed by atoms with Crippen molar-refractivity contribution >= 4 is 27.5 Å². The number of rotatable bonds is 5. The van der Waals surface area contributed by atoms with Gasteiger partial charge in [-0.05, 0) is 36.3 Å². The highest BCUT2D eigenvalue weighted by atomic mass is 16.5. The smallest absolute Gasteiger partial charge is 0.348 e. The van der Waals surface area contributed by atoms with Crippen LogP contribution in [0.1, 0.15) is 12.7 Å². The summed E-state index contributed by atoms with van der Waals surface area (Å²) in [6, 6.07) is 6.01. The van der Waals surface area contributed by atoms with Crippen LogP contribution in [0, 0.1) is 0 Å². The highest BCUT2D eigenvalue weighted by Crippen LogP contribution is 2.49. The third-order valence-corrected chi connectivity index (χ3v) is 5.01. The van der Waals surface area contributed by atoms with Crippen molar-refractivity contribution in [3.63, 3.8) is 0 Å². The molecule has 0 bridgehead atoms. The molecular formula is C23H20O8. The highest BCUT2D eigenvalue weighted by molar-refractivity contribution is 6.11. The molecule has 2 aromatic heterocycles. The minimum absolute atomic E-state index is 0.0292. The number of phenols is 1. The predicted molar refractivity (Wildman–Crippen MR) is 115 cm³/mol. The molecule has 0 fully saturated rings. The lowest BCUT2D eigenvalue weighted by molar-refractivity contribution is 0.373. The molecule has 0 amide bonds. The van der Waals surface area contributed by atoms with Crippen molar-refractivity contribution < 1.29 is 33.3 Å². The Labute approximate surface area is 176 Å². The molecule has 2 aromatic carbocycles. The van der Waals surface area contributed by atoms with Crippen LogP contribution < -0.4 is 19.8 Å². The van der Waals surface area contributed by atoms with Gasteiger partial charge in [-0.1, -0.05) is 12.6 Å². The van der Waals surface area contributed by atoms with E-state index in [0.29, 0.717) is 22.3 Å². The molecule has 0 saturated heterocycles. The Morgan fingerprint density at radius 3 is 2.26 bits per heavy atom. The van der Waals surface area contributed by atoms with Gasteiger partial charge in [-0.25, -0.2) is 4.79 Å². The fourth-order valence-electron chi connectivity index (χ4n) is 3.57. The Bertz CT molecular complexity index is 1410. The van der Waals surface area contributed by atoms with Gasteiger partial charge >= 0.3 is 5.63 Å². The van der Waals surface area contributed by atoms with Gasteiger partial charge in [0, 0.05) is 0 Å². The van der Waals surface area contributed by atoms with E-state index >= 15 is 0 Å². The highest BCUT2D eigenvalue weighted by Gasteiger charge is 2.28. The molecule has 8 nitrogen and oxygen atoms in total. The van der Waals surface area contributed by atoms with Crippen molar-refractivity contribution in [1.82, 2.24) is 0 Å². The quantitative estimate of drug-likeness (QED) is 0.444. The maximum absolute atomic E-state index is 12.9. The van der Waals surface area contributed by atoms with Crippen molar-refractivity contribution in [3.05, 3.63) is 47.0 Å². The van der Waals surface area contributed by atoms with Crippen LogP contribution in [-0.4, -0.2) is 31.5 Å². The summed E-state index contributed by atoms with van der Waals surface area (Å²) in [5, 5.41) is 21.9. The molecule has 0 radical (unpaired) electrons. The van der Waals surface area contributed by atoms with Gasteiger partial charge in [-0.15, -0.1) is 0 Å². The summed E-state index contributed by atoms with van der Waals surface area (Å²) in [6.07, 6.45) is 0. The molecule has 4 rings (SSSR count). The molecule has 0 unspecified atom stereocenters. The molecule has 160 valence electrons. The molecule has 0 spiro atoms. The summed E-state index contributed by atoms with van der Waals surface area (Å²) in [4.78, 5) is 12.9. The third-order valence-electron chi connectivity index (χ3n) is 5.01. The Hall–Kier alpha value is -4.07. The van der Waals surface area contributed by atoms with Crippen molar-refractivity contribution in [3.8, 4) is 39.9 Å². The van der Waals surface area contributed by atoms with E-state index in [1.165, 1.54) is 39.5 Å². The number of hydrogen-bond donors (Lipinski definition) is 2. The number of phenolic OH excluding ortho intramolecular Hbond substituents is 1. The number of furan rings is 1. The first-order valence-corrected chi connectivity index (χ1v) is 9.22. The first-order valence-electron chi connectivity index (χ1n) is 9.22. The summed E-state index contributed by atoms with van der Waals surface area (Å²) in [7, 11) is 4.23. The number of aromatic hydroxyl groups is 2. The van der Waals surface area contributed by atoms with Gasteiger partial charge in [0.05, 0.1) is 26.7 Å². The number of hydrogen-bond acceptors (Lipinski definition) is 8. The standard InChI is InChI=1S/C23H20O8/c1-10(2)15-9-12-19(28-4)17-18(25)16(11-6-7-14(27-3)13(24)8-11)23(26)31-21(17)22(29-5)20(12)30-15/h6-9,24-25H,1H2,2-5H3. The summed E-state index contributed by atoms with van der Waals surface area (Å²) < 4.78 is 27.5. The maximum atomic E-state index is 12.9. The molecule has 0 aliphatic carbocycles. The Balaban J connectivity index is 2.16. The van der Waals surface area contributed by atoms with E-state index in [9.17, 15) is 15.0 Å². The maximum Gasteiger partial charge on any atom is 0.348 e. The van der Waals surface area contributed by atoms with Gasteiger partial charge in [0.2, 0.25) is 5.75 Å². The van der Waals surface area contributed by atoms with Crippen LogP contribution in [0.15, 0.2) is 44.5 Å². The number of allylic oxidation sites excluding steroid dienone is 1. The fourth-order valence-corrected chi connectivity index (χ4v) is 3.57. The molecule has 0 aliphatic heterocycles. The molecule has 4 aromatic rings. The van der Waals surface area contributed by atoms with E-state index in [2.05, 4.69) is 6.58 Å². The molecule has 2 heterocycles. The van der Waals surface area contributed by atoms with Crippen molar-refractivity contribution in [1.29, 1.82) is 0 Å². The summed E-state index contributed by atoms with van der Waals surface area (Å²) in [5.74, 6) is 0.507. The second kappa shape index (κ2) is 7.32. The van der Waals surface area contributed by atoms with Crippen molar-refractivity contribution in [2.75, 3.05) is 21.3 Å². The molecule has 2 N–H and O–H groups in total. The molecule has 0 atom stereocenters. The van der Waals surface area contributed by atoms with Crippen LogP contribution in [-0.2, 0) is 0 Å². The predicted octanol–water partition coefficient (Wildman–Crippen LogP) is 4.68. The van der Waals surface area contributed by atoms with E-state index in [-0.39, 0.29) is 50.8 Å². The summed E-state index contributed by atoms with van der Waals surface area (Å²) in [5.41, 5.74) is 0.197. The van der Waals surface area contributed by atoms with E-state index in [0.717, 1.165) is 0 Å². The van der Waals surface area contributed by atoms with Gasteiger partial charge in [0.25, 0.3) is 0 Å². The fraction of sp³-hybridized carbons (Fsp3) is 0.174. The third kappa shape index (κ3) is 2.95. The van der Waals surface area contributed by atoms with Gasteiger partial charge in [0.1, 0.15) is 28.2 Å². The minimum Gasteiger partial charge on any atom is -0.506 e. The topological polar surface area (TPSA) is 112 Å². The van der Waals surface area contributed by atoms with Crippen LogP contribution in [0.4, 0.5) is 0 Å².